The molecule has 0 aliphatic carbocycles. The SMILES string of the molecule is O.O=C([O-])C(C(=O)[O-])(c1ccccc1)c1ccccc1.O=C([O-])C(C(=O)[O-])(c1ccccc1)c1ccccc1.O=C([O-])C(C(=O)[O-])(c1ccccc1)c1ccccc1.[Gd+3].[Gd+3]. The van der Waals surface area contributed by atoms with Crippen molar-refractivity contribution in [1.82, 2.24) is 0 Å². The number of carbonyl (C=O) groups excluding carboxylic acids is 6. The molecule has 0 atom stereocenters. The summed E-state index contributed by atoms with van der Waals surface area (Å²) in [6, 6.07) is 46.0. The second kappa shape index (κ2) is 24.1. The van der Waals surface area contributed by atoms with E-state index in [1.165, 1.54) is 72.8 Å². The van der Waals surface area contributed by atoms with Crippen LogP contribution in [0, 0.1) is 79.9 Å². The Kier molecular flexibility index (Phi) is 21.2. The van der Waals surface area contributed by atoms with E-state index in [2.05, 4.69) is 0 Å². The molecule has 6 aromatic carbocycles. The molecule has 13 nitrogen and oxygen atoms in total. The first-order valence-corrected chi connectivity index (χ1v) is 16.9. The van der Waals surface area contributed by atoms with Gasteiger partial charge < -0.3 is 64.9 Å². The Bertz CT molecular complexity index is 1880. The average Bonchev–Trinajstić information content (AvgIpc) is 3.21. The van der Waals surface area contributed by atoms with E-state index in [0.717, 1.165) is 0 Å². The molecule has 0 fully saturated rings. The number of carboxylic acid groups (broad SMARTS) is 6. The quantitative estimate of drug-likeness (QED) is 0.116. The molecule has 0 spiro atoms. The van der Waals surface area contributed by atoms with Crippen LogP contribution in [0.3, 0.4) is 0 Å². The third-order valence-corrected chi connectivity index (χ3v) is 9.08. The molecule has 0 heterocycles. The van der Waals surface area contributed by atoms with Crippen LogP contribution in [-0.4, -0.2) is 41.3 Å². The second-order valence-electron chi connectivity index (χ2n) is 12.2. The van der Waals surface area contributed by atoms with Gasteiger partial charge in [-0.3, -0.25) is 0 Å². The van der Waals surface area contributed by atoms with E-state index in [4.69, 9.17) is 0 Å². The minimum absolute atomic E-state index is 0. The summed E-state index contributed by atoms with van der Waals surface area (Å²) < 4.78 is 0. The maximum atomic E-state index is 11.5. The Balaban J connectivity index is 0.000000439. The van der Waals surface area contributed by atoms with E-state index in [0.29, 0.717) is 0 Å². The van der Waals surface area contributed by atoms with Crippen LogP contribution < -0.4 is 30.6 Å². The Morgan fingerprint density at radius 2 is 0.350 bits per heavy atom. The molecule has 0 aliphatic heterocycles. The van der Waals surface area contributed by atoms with Gasteiger partial charge >= 0.3 is 79.9 Å². The molecule has 0 amide bonds. The summed E-state index contributed by atoms with van der Waals surface area (Å²) in [6.45, 7) is 0. The van der Waals surface area contributed by atoms with Gasteiger partial charge in [0.2, 0.25) is 0 Å². The van der Waals surface area contributed by atoms with Crippen LogP contribution in [0.4, 0.5) is 0 Å². The molecule has 0 saturated carbocycles. The van der Waals surface area contributed by atoms with Crippen LogP contribution in [-0.2, 0) is 45.0 Å². The van der Waals surface area contributed by atoms with Crippen molar-refractivity contribution in [2.75, 3.05) is 0 Å². The largest absolute Gasteiger partial charge is 3.00 e. The van der Waals surface area contributed by atoms with Crippen LogP contribution in [0.15, 0.2) is 182 Å². The molecular formula is C45H32Gd2O13. The standard InChI is InChI=1S/3C15H12O4.2Gd.H2O/c3*16-13(17)15(14(18)19,11-7-3-1-4-8-11)12-9-5-2-6-10-12;;;/h3*1-10H,(H,16,17)(H,18,19);;;1H2/q;;;2*+3;/p-6. The maximum absolute atomic E-state index is 11.5. The minimum Gasteiger partial charge on any atom is -0.548 e. The van der Waals surface area contributed by atoms with Crippen molar-refractivity contribution in [3.05, 3.63) is 215 Å². The van der Waals surface area contributed by atoms with Crippen LogP contribution in [0.25, 0.3) is 0 Å². The molecular weight excluding hydrogens is 1060 g/mol. The first-order valence-electron chi connectivity index (χ1n) is 16.9. The second-order valence-corrected chi connectivity index (χ2v) is 12.2. The van der Waals surface area contributed by atoms with Crippen LogP contribution in [0.1, 0.15) is 33.4 Å². The minimum atomic E-state index is -2.30. The predicted octanol–water partition coefficient (Wildman–Crippen LogP) is -2.41. The van der Waals surface area contributed by atoms with Crippen molar-refractivity contribution in [3.63, 3.8) is 0 Å². The number of aliphatic carboxylic acids is 6. The predicted molar refractivity (Wildman–Crippen MR) is 195 cm³/mol. The van der Waals surface area contributed by atoms with Crippen molar-refractivity contribution >= 4 is 35.8 Å². The third kappa shape index (κ3) is 10.7. The van der Waals surface area contributed by atoms with Crippen LogP contribution in [0.2, 0.25) is 0 Å². The molecule has 6 aromatic rings. The van der Waals surface area contributed by atoms with Gasteiger partial charge in [-0.05, 0) is 33.4 Å². The van der Waals surface area contributed by atoms with E-state index in [1.807, 2.05) is 0 Å². The number of rotatable bonds is 12. The summed E-state index contributed by atoms with van der Waals surface area (Å²) in [7, 11) is 0. The zero-order chi connectivity index (χ0) is 41.6. The summed E-state index contributed by atoms with van der Waals surface area (Å²) in [5, 5.41) is 69.2. The number of hydrogen-bond acceptors (Lipinski definition) is 12. The molecule has 0 unspecified atom stereocenters. The molecule has 6 rings (SSSR count). The molecule has 0 aliphatic rings. The zero-order valence-corrected chi connectivity index (χ0v) is 35.5. The molecule has 60 heavy (non-hydrogen) atoms. The molecule has 0 saturated heterocycles. The smallest absolute Gasteiger partial charge is 0.548 e. The van der Waals surface area contributed by atoms with Gasteiger partial charge in [0.25, 0.3) is 0 Å². The maximum Gasteiger partial charge on any atom is 3.00 e. The van der Waals surface area contributed by atoms with Gasteiger partial charge in [0, 0.05) is 0 Å². The number of carbonyl (C=O) groups is 6. The fraction of sp³-hybridized carbons (Fsp3) is 0.0667. The van der Waals surface area contributed by atoms with E-state index < -0.39 is 52.1 Å². The van der Waals surface area contributed by atoms with Crippen molar-refractivity contribution < 1.29 is 145 Å². The molecule has 2 N–H and O–H groups in total. The van der Waals surface area contributed by atoms with Gasteiger partial charge in [0.1, 0.15) is 0 Å². The van der Waals surface area contributed by atoms with Crippen molar-refractivity contribution in [3.8, 4) is 0 Å². The van der Waals surface area contributed by atoms with Gasteiger partial charge in [-0.1, -0.05) is 182 Å². The Morgan fingerprint density at radius 1 is 0.250 bits per heavy atom. The Labute approximate surface area is 408 Å². The first kappa shape index (κ1) is 52.8. The van der Waals surface area contributed by atoms with Crippen molar-refractivity contribution in [2.45, 2.75) is 16.2 Å². The summed E-state index contributed by atoms with van der Waals surface area (Å²) in [6.07, 6.45) is 0. The van der Waals surface area contributed by atoms with E-state index in [9.17, 15) is 59.4 Å². The van der Waals surface area contributed by atoms with E-state index in [1.54, 1.807) is 109 Å². The summed E-state index contributed by atoms with van der Waals surface area (Å²) in [4.78, 5) is 69.2. The average molecular weight is 1100 g/mol. The summed E-state index contributed by atoms with van der Waals surface area (Å²) in [5.74, 6) is -10.3. The Hall–Kier alpha value is -5.25. The van der Waals surface area contributed by atoms with Crippen molar-refractivity contribution in [1.29, 1.82) is 0 Å². The molecule has 0 aromatic heterocycles. The monoisotopic (exact) mass is 1100 g/mol. The van der Waals surface area contributed by atoms with Gasteiger partial charge in [0.05, 0.1) is 52.1 Å². The number of benzene rings is 6. The molecule has 0 bridgehead atoms. The normalized spacial score (nSPS) is 10.4. The topological polar surface area (TPSA) is 272 Å². The van der Waals surface area contributed by atoms with Crippen LogP contribution in [0.5, 0.6) is 0 Å². The third-order valence-electron chi connectivity index (χ3n) is 9.08. The number of carboxylic acids is 6. The summed E-state index contributed by atoms with van der Waals surface area (Å²) >= 11 is 0. The fourth-order valence-corrected chi connectivity index (χ4v) is 6.29. The molecule has 15 heteroatoms. The Morgan fingerprint density at radius 3 is 0.433 bits per heavy atom. The van der Waals surface area contributed by atoms with Gasteiger partial charge in [-0.15, -0.1) is 0 Å². The first-order chi connectivity index (χ1) is 27.3. The molecule has 2 radical (unpaired) electrons. The van der Waals surface area contributed by atoms with Crippen molar-refractivity contribution in [2.24, 2.45) is 0 Å². The fourth-order valence-electron chi connectivity index (χ4n) is 6.29. The van der Waals surface area contributed by atoms with E-state index >= 15 is 0 Å². The van der Waals surface area contributed by atoms with Gasteiger partial charge in [-0.25, -0.2) is 0 Å². The van der Waals surface area contributed by atoms with Gasteiger partial charge in [0.15, 0.2) is 0 Å². The summed E-state index contributed by atoms with van der Waals surface area (Å²) in [5.41, 5.74) is -6.32. The van der Waals surface area contributed by atoms with E-state index in [-0.39, 0.29) is 119 Å². The molecule has 306 valence electrons. The zero-order valence-electron chi connectivity index (χ0n) is 30.9. The number of hydrogen-bond donors (Lipinski definition) is 0. The van der Waals surface area contributed by atoms with Crippen LogP contribution >= 0.6 is 0 Å². The van der Waals surface area contributed by atoms with Gasteiger partial charge in [-0.2, -0.15) is 0 Å².